The van der Waals surface area contributed by atoms with E-state index >= 15 is 0 Å². The summed E-state index contributed by atoms with van der Waals surface area (Å²) in [5.74, 6) is 0.192. The van der Waals surface area contributed by atoms with Gasteiger partial charge in [0.15, 0.2) is 0 Å². The summed E-state index contributed by atoms with van der Waals surface area (Å²) in [5.41, 5.74) is 0.514. The number of rotatable bonds is 5. The molecular weight excluding hydrogens is 446 g/mol. The van der Waals surface area contributed by atoms with E-state index in [4.69, 9.17) is 51.1 Å². The second-order valence-electron chi connectivity index (χ2n) is 6.41. The summed E-state index contributed by atoms with van der Waals surface area (Å²) in [6, 6.07) is 10.6. The van der Waals surface area contributed by atoms with Gasteiger partial charge in [0.1, 0.15) is 10.1 Å². The smallest absolute Gasteiger partial charge is 0.326 e. The van der Waals surface area contributed by atoms with E-state index in [9.17, 15) is 9.59 Å². The van der Waals surface area contributed by atoms with Crippen LogP contribution in [0.5, 0.6) is 5.75 Å². The molecule has 2 unspecified atom stereocenters. The van der Waals surface area contributed by atoms with Crippen LogP contribution in [-0.4, -0.2) is 22.9 Å². The van der Waals surface area contributed by atoms with Crippen molar-refractivity contribution in [1.29, 1.82) is 0 Å². The predicted octanol–water partition coefficient (Wildman–Crippen LogP) is 5.77. The van der Waals surface area contributed by atoms with E-state index in [1.165, 1.54) is 12.1 Å². The average Bonchev–Trinajstić information content (AvgIpc) is 3.10. The Morgan fingerprint density at radius 1 is 1.07 bits per heavy atom. The van der Waals surface area contributed by atoms with Crippen molar-refractivity contribution < 1.29 is 14.3 Å². The number of urea groups is 1. The van der Waals surface area contributed by atoms with Gasteiger partial charge in [-0.25, -0.2) is 4.79 Å². The summed E-state index contributed by atoms with van der Waals surface area (Å²) in [4.78, 5) is 24.2. The number of carbonyl (C=O) groups is 2. The first kappa shape index (κ1) is 21.1. The predicted molar refractivity (Wildman–Crippen MR) is 112 cm³/mol. The molecule has 2 aromatic carbocycles. The summed E-state index contributed by atoms with van der Waals surface area (Å²) in [7, 11) is 0. The van der Waals surface area contributed by atoms with Crippen molar-refractivity contribution in [2.24, 2.45) is 11.8 Å². The first-order valence-corrected chi connectivity index (χ1v) is 9.88. The van der Waals surface area contributed by atoms with Gasteiger partial charge in [-0.3, -0.25) is 10.1 Å². The number of amides is 3. The SMILES string of the molecule is CC1C(COc2ccc(NC(=O)NC(=O)c3c(Cl)cccc3Cl)cc2)C1(Cl)Cl. The van der Waals surface area contributed by atoms with Gasteiger partial charge in [0.2, 0.25) is 0 Å². The summed E-state index contributed by atoms with van der Waals surface area (Å²) in [5, 5.41) is 5.05. The lowest BCUT2D eigenvalue weighted by Gasteiger charge is -2.10. The van der Waals surface area contributed by atoms with Gasteiger partial charge in [-0.05, 0) is 42.3 Å². The van der Waals surface area contributed by atoms with Crippen molar-refractivity contribution in [2.45, 2.75) is 11.3 Å². The molecule has 0 saturated heterocycles. The van der Waals surface area contributed by atoms with Gasteiger partial charge in [-0.2, -0.15) is 0 Å². The molecule has 9 heteroatoms. The maximum atomic E-state index is 12.2. The second kappa shape index (κ2) is 8.37. The third-order valence-corrected chi connectivity index (χ3v) is 6.43. The Morgan fingerprint density at radius 3 is 2.18 bits per heavy atom. The molecule has 148 valence electrons. The molecule has 3 rings (SSSR count). The van der Waals surface area contributed by atoms with E-state index in [0.29, 0.717) is 18.0 Å². The minimum absolute atomic E-state index is 0.0358. The monoisotopic (exact) mass is 460 g/mol. The number of imide groups is 1. The van der Waals surface area contributed by atoms with E-state index < -0.39 is 16.3 Å². The molecule has 0 radical (unpaired) electrons. The molecule has 1 saturated carbocycles. The molecule has 1 aliphatic rings. The van der Waals surface area contributed by atoms with E-state index in [-0.39, 0.29) is 27.4 Å². The highest BCUT2D eigenvalue weighted by Crippen LogP contribution is 2.58. The molecule has 2 atom stereocenters. The summed E-state index contributed by atoms with van der Waals surface area (Å²) in [6.07, 6.45) is 0. The van der Waals surface area contributed by atoms with Crippen molar-refractivity contribution in [3.05, 3.63) is 58.1 Å². The van der Waals surface area contributed by atoms with Gasteiger partial charge < -0.3 is 10.1 Å². The quantitative estimate of drug-likeness (QED) is 0.555. The Balaban J connectivity index is 1.52. The molecule has 0 bridgehead atoms. The summed E-state index contributed by atoms with van der Waals surface area (Å²) >= 11 is 24.1. The minimum Gasteiger partial charge on any atom is -0.493 e. The average molecular weight is 462 g/mol. The molecular formula is C19H16Cl4N2O3. The van der Waals surface area contributed by atoms with E-state index in [1.54, 1.807) is 30.3 Å². The Kier molecular flexibility index (Phi) is 6.30. The first-order chi connectivity index (χ1) is 13.2. The van der Waals surface area contributed by atoms with Crippen molar-refractivity contribution in [1.82, 2.24) is 5.32 Å². The fourth-order valence-corrected chi connectivity index (χ4v) is 3.93. The van der Waals surface area contributed by atoms with Crippen LogP contribution < -0.4 is 15.4 Å². The van der Waals surface area contributed by atoms with Crippen LogP contribution in [0, 0.1) is 11.8 Å². The zero-order valence-electron chi connectivity index (χ0n) is 14.6. The van der Waals surface area contributed by atoms with Gasteiger partial charge in [0.25, 0.3) is 5.91 Å². The number of benzene rings is 2. The normalized spacial score (nSPS) is 19.6. The minimum atomic E-state index is -0.726. The largest absolute Gasteiger partial charge is 0.493 e. The van der Waals surface area contributed by atoms with Crippen molar-refractivity contribution in [3.63, 3.8) is 0 Å². The highest BCUT2D eigenvalue weighted by Gasteiger charge is 2.60. The molecule has 1 aliphatic carbocycles. The molecule has 3 amide bonds. The van der Waals surface area contributed by atoms with Crippen LogP contribution in [0.3, 0.4) is 0 Å². The molecule has 5 nitrogen and oxygen atoms in total. The number of hydrogen-bond acceptors (Lipinski definition) is 3. The number of hydrogen-bond donors (Lipinski definition) is 2. The number of ether oxygens (including phenoxy) is 1. The van der Waals surface area contributed by atoms with Gasteiger partial charge in [0, 0.05) is 11.6 Å². The Labute approximate surface area is 182 Å². The number of nitrogens with one attached hydrogen (secondary N) is 2. The first-order valence-electron chi connectivity index (χ1n) is 8.37. The highest BCUT2D eigenvalue weighted by molar-refractivity contribution is 6.51. The molecule has 1 fully saturated rings. The van der Waals surface area contributed by atoms with Gasteiger partial charge in [-0.15, -0.1) is 23.2 Å². The molecule has 0 spiro atoms. The zero-order chi connectivity index (χ0) is 20.5. The van der Waals surface area contributed by atoms with Gasteiger partial charge in [-0.1, -0.05) is 36.2 Å². The summed E-state index contributed by atoms with van der Waals surface area (Å²) < 4.78 is 4.94. The van der Waals surface area contributed by atoms with Crippen molar-refractivity contribution in [3.8, 4) is 5.75 Å². The van der Waals surface area contributed by atoms with E-state index in [0.717, 1.165) is 0 Å². The molecule has 0 heterocycles. The third kappa shape index (κ3) is 4.66. The van der Waals surface area contributed by atoms with E-state index in [2.05, 4.69) is 10.6 Å². The lowest BCUT2D eigenvalue weighted by molar-refractivity contribution is 0.0967. The topological polar surface area (TPSA) is 67.4 Å². The lowest BCUT2D eigenvalue weighted by Crippen LogP contribution is -2.34. The molecule has 2 N–H and O–H groups in total. The van der Waals surface area contributed by atoms with Crippen LogP contribution in [0.25, 0.3) is 0 Å². The van der Waals surface area contributed by atoms with Gasteiger partial charge in [0.05, 0.1) is 22.2 Å². The van der Waals surface area contributed by atoms with Crippen LogP contribution >= 0.6 is 46.4 Å². The third-order valence-electron chi connectivity index (χ3n) is 4.55. The van der Waals surface area contributed by atoms with Crippen LogP contribution in [0.4, 0.5) is 10.5 Å². The van der Waals surface area contributed by atoms with Crippen molar-refractivity contribution in [2.75, 3.05) is 11.9 Å². The van der Waals surface area contributed by atoms with E-state index in [1.807, 2.05) is 6.92 Å². The van der Waals surface area contributed by atoms with Crippen LogP contribution in [0.15, 0.2) is 42.5 Å². The Bertz CT molecular complexity index is 882. The number of carbonyl (C=O) groups excluding carboxylic acids is 2. The Morgan fingerprint density at radius 2 is 1.64 bits per heavy atom. The maximum absolute atomic E-state index is 12.2. The fraction of sp³-hybridized carbons (Fsp3) is 0.263. The standard InChI is InChI=1S/C19H16Cl4N2O3/c1-10-13(19(10,22)23)9-28-12-7-5-11(6-8-12)24-18(27)25-17(26)16-14(20)3-2-4-15(16)21/h2-8,10,13H,9H2,1H3,(H2,24,25,26,27). The summed E-state index contributed by atoms with van der Waals surface area (Å²) in [6.45, 7) is 2.38. The maximum Gasteiger partial charge on any atom is 0.326 e. The van der Waals surface area contributed by atoms with Crippen LogP contribution in [0.2, 0.25) is 10.0 Å². The molecule has 28 heavy (non-hydrogen) atoms. The number of halogens is 4. The number of anilines is 1. The van der Waals surface area contributed by atoms with Crippen molar-refractivity contribution >= 4 is 64.0 Å². The fourth-order valence-electron chi connectivity index (χ4n) is 2.68. The zero-order valence-corrected chi connectivity index (χ0v) is 17.7. The van der Waals surface area contributed by atoms with Gasteiger partial charge >= 0.3 is 6.03 Å². The molecule has 2 aromatic rings. The second-order valence-corrected chi connectivity index (χ2v) is 8.67. The molecule has 0 aromatic heterocycles. The molecule has 0 aliphatic heterocycles. The lowest BCUT2D eigenvalue weighted by atomic mass is 10.2. The Hall–Kier alpha value is -1.66. The van der Waals surface area contributed by atoms with Crippen LogP contribution in [0.1, 0.15) is 17.3 Å². The van der Waals surface area contributed by atoms with Crippen LogP contribution in [-0.2, 0) is 0 Å². The number of alkyl halides is 2. The highest BCUT2D eigenvalue weighted by atomic mass is 35.5.